The highest BCUT2D eigenvalue weighted by molar-refractivity contribution is 5.69. The quantitative estimate of drug-likeness (QED) is 0.0838. The van der Waals surface area contributed by atoms with Crippen LogP contribution < -0.4 is 0 Å². The first-order chi connectivity index (χ1) is 18.0. The van der Waals surface area contributed by atoms with Gasteiger partial charge in [-0.05, 0) is 12.8 Å². The number of likely N-dealkylation sites (N-methyl/N-ethyl adjacent to an activating group) is 2. The number of nitrogens with zero attached hydrogens (tertiary/aromatic N) is 2. The lowest BCUT2D eigenvalue weighted by atomic mass is 10.1. The monoisotopic (exact) mass is 544 g/mol. The van der Waals surface area contributed by atoms with E-state index >= 15 is 0 Å². The van der Waals surface area contributed by atoms with Crippen LogP contribution in [0.4, 0.5) is 0 Å². The van der Waals surface area contributed by atoms with Gasteiger partial charge in [-0.1, -0.05) is 90.9 Å². The summed E-state index contributed by atoms with van der Waals surface area (Å²) in [7, 11) is 8.22. The maximum Gasteiger partial charge on any atom is 0.305 e. The van der Waals surface area contributed by atoms with Crippen LogP contribution in [0.5, 0.6) is 0 Å². The number of aliphatic hydroxyl groups excluding tert-OH is 1. The summed E-state index contributed by atoms with van der Waals surface area (Å²) in [6.45, 7) is 7.69. The number of carbonyl (C=O) groups is 2. The second-order valence-corrected chi connectivity index (χ2v) is 12.5. The minimum Gasteiger partial charge on any atom is -0.460 e. The van der Waals surface area contributed by atoms with Crippen molar-refractivity contribution < 1.29 is 33.1 Å². The number of unbranched alkanes of at least 4 members (excludes halogenated alkanes) is 12. The molecule has 0 heterocycles. The highest BCUT2D eigenvalue weighted by atomic mass is 16.5. The van der Waals surface area contributed by atoms with Crippen molar-refractivity contribution in [3.63, 3.8) is 0 Å². The smallest absolute Gasteiger partial charge is 0.305 e. The zero-order chi connectivity index (χ0) is 28.7. The van der Waals surface area contributed by atoms with E-state index in [0.29, 0.717) is 61.2 Å². The highest BCUT2D eigenvalue weighted by Crippen LogP contribution is 2.11. The molecule has 0 spiro atoms. The van der Waals surface area contributed by atoms with E-state index < -0.39 is 6.10 Å². The molecule has 0 aliphatic rings. The van der Waals surface area contributed by atoms with Crippen molar-refractivity contribution in [1.29, 1.82) is 0 Å². The van der Waals surface area contributed by atoms with Crippen molar-refractivity contribution in [2.45, 2.75) is 123 Å². The van der Waals surface area contributed by atoms with Crippen molar-refractivity contribution in [3.8, 4) is 0 Å². The van der Waals surface area contributed by atoms with Gasteiger partial charge in [0.15, 0.2) is 6.10 Å². The number of rotatable bonds is 26. The number of quaternary nitrogens is 2. The van der Waals surface area contributed by atoms with E-state index in [0.717, 1.165) is 25.7 Å². The second kappa shape index (κ2) is 22.6. The van der Waals surface area contributed by atoms with Crippen molar-refractivity contribution in [2.24, 2.45) is 0 Å². The molecule has 0 aliphatic heterocycles. The van der Waals surface area contributed by atoms with Gasteiger partial charge in [0.25, 0.3) is 0 Å². The van der Waals surface area contributed by atoms with E-state index in [4.69, 9.17) is 9.47 Å². The molecule has 0 unspecified atom stereocenters. The van der Waals surface area contributed by atoms with E-state index in [2.05, 4.69) is 42.0 Å². The third kappa shape index (κ3) is 23.9. The van der Waals surface area contributed by atoms with Crippen LogP contribution in [0.15, 0.2) is 0 Å². The Balaban J connectivity index is 3.99. The van der Waals surface area contributed by atoms with Gasteiger partial charge in [-0.2, -0.15) is 0 Å². The van der Waals surface area contributed by atoms with Crippen LogP contribution in [0.25, 0.3) is 0 Å². The third-order valence-corrected chi connectivity index (χ3v) is 7.30. The Bertz CT molecular complexity index is 545. The molecule has 38 heavy (non-hydrogen) atoms. The lowest BCUT2D eigenvalue weighted by molar-refractivity contribution is -0.914. The Morgan fingerprint density at radius 2 is 0.895 bits per heavy atom. The van der Waals surface area contributed by atoms with Gasteiger partial charge in [-0.3, -0.25) is 9.59 Å². The van der Waals surface area contributed by atoms with Crippen LogP contribution in [-0.2, 0) is 19.1 Å². The van der Waals surface area contributed by atoms with Gasteiger partial charge in [0, 0.05) is 12.8 Å². The van der Waals surface area contributed by atoms with E-state index in [1.165, 1.54) is 64.2 Å². The number of carbonyl (C=O) groups excluding carboxylic acids is 2. The molecule has 0 fully saturated rings. The minimum absolute atomic E-state index is 0.113. The zero-order valence-corrected chi connectivity index (χ0v) is 26.1. The van der Waals surface area contributed by atoms with Crippen molar-refractivity contribution in [1.82, 2.24) is 0 Å². The molecule has 0 aromatic carbocycles. The van der Waals surface area contributed by atoms with Crippen LogP contribution >= 0.6 is 0 Å². The molecule has 0 aromatic heterocycles. The molecule has 0 radical (unpaired) electrons. The van der Waals surface area contributed by atoms with Crippen LogP contribution in [-0.4, -0.2) is 99.7 Å². The fourth-order valence-electron chi connectivity index (χ4n) is 4.79. The molecule has 0 rings (SSSR count). The Morgan fingerprint density at radius 1 is 0.579 bits per heavy atom. The molecule has 0 saturated heterocycles. The predicted octanol–water partition coefficient (Wildman–Crippen LogP) is 5.87. The minimum atomic E-state index is -0.494. The Morgan fingerprint density at radius 3 is 1.24 bits per heavy atom. The molecule has 0 atom stereocenters. The fraction of sp³-hybridized carbons (Fsp3) is 0.935. The molecule has 1 N–H and O–H groups in total. The molecule has 7 nitrogen and oxygen atoms in total. The van der Waals surface area contributed by atoms with Crippen molar-refractivity contribution >= 4 is 11.9 Å². The van der Waals surface area contributed by atoms with Crippen molar-refractivity contribution in [2.75, 3.05) is 67.6 Å². The molecule has 0 amide bonds. The molecular weight excluding hydrogens is 480 g/mol. The summed E-state index contributed by atoms with van der Waals surface area (Å²) in [6.07, 6.45) is 17.1. The lowest BCUT2D eigenvalue weighted by Gasteiger charge is -2.35. The molecule has 226 valence electrons. The molecule has 0 aromatic rings. The number of ether oxygens (including phenoxy) is 2. The van der Waals surface area contributed by atoms with Crippen LogP contribution in [0.1, 0.15) is 117 Å². The van der Waals surface area contributed by atoms with Gasteiger partial charge in [-0.15, -0.1) is 0 Å². The summed E-state index contributed by atoms with van der Waals surface area (Å²) in [5.41, 5.74) is 0. The first-order valence-electron chi connectivity index (χ1n) is 15.6. The average molecular weight is 545 g/mol. The molecule has 0 saturated carbocycles. The normalized spacial score (nSPS) is 12.2. The number of esters is 2. The van der Waals surface area contributed by atoms with E-state index in [9.17, 15) is 14.7 Å². The van der Waals surface area contributed by atoms with Gasteiger partial charge in [0.2, 0.25) is 0 Å². The average Bonchev–Trinajstić information content (AvgIpc) is 2.81. The summed E-state index contributed by atoms with van der Waals surface area (Å²) < 4.78 is 12.1. The standard InChI is InChI=1S/C31H64N2O5/c1-7-9-11-13-15-17-19-21-30(35)37-25-23-32(3,4)27-29(34)28-33(5,6)24-26-38-31(36)22-20-18-16-14-12-10-8-2/h29,34H,7-28H2,1-6H3/q+2. The third-order valence-electron chi connectivity index (χ3n) is 7.30. The first kappa shape index (κ1) is 36.8. The Hall–Kier alpha value is -1.18. The molecule has 0 bridgehead atoms. The van der Waals surface area contributed by atoms with Gasteiger partial charge in [0.05, 0.1) is 28.2 Å². The highest BCUT2D eigenvalue weighted by Gasteiger charge is 2.27. The largest absolute Gasteiger partial charge is 0.460 e. The van der Waals surface area contributed by atoms with Gasteiger partial charge < -0.3 is 23.5 Å². The fourth-order valence-corrected chi connectivity index (χ4v) is 4.79. The molecular formula is C31H64N2O5+2. The summed E-state index contributed by atoms with van der Waals surface area (Å²) in [5.74, 6) is -0.225. The van der Waals surface area contributed by atoms with Gasteiger partial charge in [0.1, 0.15) is 39.4 Å². The van der Waals surface area contributed by atoms with Crippen molar-refractivity contribution in [3.05, 3.63) is 0 Å². The maximum absolute atomic E-state index is 12.0. The van der Waals surface area contributed by atoms with E-state index in [-0.39, 0.29) is 11.9 Å². The summed E-state index contributed by atoms with van der Waals surface area (Å²) in [4.78, 5) is 24.1. The maximum atomic E-state index is 12.0. The van der Waals surface area contributed by atoms with Crippen LogP contribution in [0.2, 0.25) is 0 Å². The predicted molar refractivity (Wildman–Crippen MR) is 157 cm³/mol. The molecule has 7 heteroatoms. The van der Waals surface area contributed by atoms with Gasteiger partial charge in [-0.25, -0.2) is 0 Å². The summed E-state index contributed by atoms with van der Waals surface area (Å²) >= 11 is 0. The molecule has 0 aliphatic carbocycles. The Labute approximate surface area is 235 Å². The summed E-state index contributed by atoms with van der Waals surface area (Å²) in [6, 6.07) is 0. The zero-order valence-electron chi connectivity index (χ0n) is 26.1. The SMILES string of the molecule is CCCCCCCCCC(=O)OCC[N+](C)(C)CC(O)C[N+](C)(C)CCOC(=O)CCCCCCCCC. The van der Waals surface area contributed by atoms with Crippen LogP contribution in [0.3, 0.4) is 0 Å². The van der Waals surface area contributed by atoms with Gasteiger partial charge >= 0.3 is 11.9 Å². The van der Waals surface area contributed by atoms with E-state index in [1.54, 1.807) is 0 Å². The van der Waals surface area contributed by atoms with E-state index in [1.807, 2.05) is 0 Å². The lowest BCUT2D eigenvalue weighted by Crippen LogP contribution is -2.54. The summed E-state index contributed by atoms with van der Waals surface area (Å²) in [5, 5.41) is 10.7. The number of hydrogen-bond acceptors (Lipinski definition) is 5. The second-order valence-electron chi connectivity index (χ2n) is 12.5. The number of aliphatic hydroxyl groups is 1. The first-order valence-corrected chi connectivity index (χ1v) is 15.6. The topological polar surface area (TPSA) is 72.8 Å². The van der Waals surface area contributed by atoms with Crippen LogP contribution in [0, 0.1) is 0 Å². The number of hydrogen-bond donors (Lipinski definition) is 1. The Kier molecular flexibility index (Phi) is 21.9.